The van der Waals surface area contributed by atoms with E-state index in [0.29, 0.717) is 12.5 Å². The number of morpholine rings is 1. The zero-order valence-corrected chi connectivity index (χ0v) is 18.3. The topological polar surface area (TPSA) is 12.5 Å². The Balaban J connectivity index is 1.62. The molecule has 0 spiro atoms. The zero-order valence-electron chi connectivity index (χ0n) is 18.3. The summed E-state index contributed by atoms with van der Waals surface area (Å²) in [5.41, 5.74) is 5.55. The molecule has 1 aliphatic heterocycles. The van der Waals surface area contributed by atoms with Gasteiger partial charge in [-0.1, -0.05) is 86.7 Å². The highest BCUT2D eigenvalue weighted by Crippen LogP contribution is 2.30. The quantitative estimate of drug-likeness (QED) is 0.460. The molecule has 0 radical (unpaired) electrons. The third kappa shape index (κ3) is 5.49. The molecular weight excluding hydrogens is 385 g/mol. The van der Waals surface area contributed by atoms with Crippen molar-refractivity contribution >= 4 is 6.08 Å². The van der Waals surface area contributed by atoms with E-state index in [9.17, 15) is 4.39 Å². The van der Waals surface area contributed by atoms with Crippen LogP contribution in [-0.2, 0) is 11.3 Å². The second-order valence-corrected chi connectivity index (χ2v) is 8.48. The maximum atomic E-state index is 14.2. The second kappa shape index (κ2) is 10.0. The van der Waals surface area contributed by atoms with Gasteiger partial charge in [-0.05, 0) is 45.9 Å². The zero-order chi connectivity index (χ0) is 21.6. The minimum Gasteiger partial charge on any atom is -0.371 e. The summed E-state index contributed by atoms with van der Waals surface area (Å²) in [7, 11) is 0. The highest BCUT2D eigenvalue weighted by Gasteiger charge is 2.25. The molecule has 1 saturated heterocycles. The van der Waals surface area contributed by atoms with Gasteiger partial charge in [-0.15, -0.1) is 0 Å². The Morgan fingerprint density at radius 3 is 2.45 bits per heavy atom. The second-order valence-electron chi connectivity index (χ2n) is 8.48. The molecule has 31 heavy (non-hydrogen) atoms. The fraction of sp³-hybridized carbons (Fsp3) is 0.286. The van der Waals surface area contributed by atoms with Crippen molar-refractivity contribution in [1.82, 2.24) is 4.90 Å². The number of halogens is 1. The summed E-state index contributed by atoms with van der Waals surface area (Å²) < 4.78 is 20.4. The van der Waals surface area contributed by atoms with Crippen LogP contribution in [0.15, 0.2) is 84.4 Å². The van der Waals surface area contributed by atoms with Crippen molar-refractivity contribution in [3.63, 3.8) is 0 Å². The molecule has 0 aromatic heterocycles. The Kier molecular flexibility index (Phi) is 6.96. The van der Waals surface area contributed by atoms with Crippen LogP contribution in [0.2, 0.25) is 0 Å². The van der Waals surface area contributed by atoms with E-state index in [0.717, 1.165) is 36.3 Å². The molecule has 0 N–H and O–H groups in total. The van der Waals surface area contributed by atoms with Gasteiger partial charge in [0, 0.05) is 19.6 Å². The highest BCUT2D eigenvalue weighted by molar-refractivity contribution is 5.76. The first-order valence-electron chi connectivity index (χ1n) is 11.0. The van der Waals surface area contributed by atoms with E-state index in [2.05, 4.69) is 67.3 Å². The number of hydrogen-bond donors (Lipinski definition) is 0. The standard InChI is InChI=1S/C28H30FNO/c1-21(2)27(28-20-30(15-16-31-28)19-22-9-5-3-6-10-22)18-24-17-25(29)13-14-26(24)23-11-7-4-8-12-23/h3-14,17-18,21,28H,15-16,19-20H2,1-2H3/b27-18+. The first-order valence-corrected chi connectivity index (χ1v) is 11.0. The fourth-order valence-corrected chi connectivity index (χ4v) is 4.23. The van der Waals surface area contributed by atoms with Crippen LogP contribution in [0.25, 0.3) is 17.2 Å². The number of hydrogen-bond acceptors (Lipinski definition) is 2. The summed E-state index contributed by atoms with van der Waals surface area (Å²) in [6, 6.07) is 25.8. The molecule has 160 valence electrons. The molecule has 1 fully saturated rings. The first kappa shape index (κ1) is 21.5. The minimum atomic E-state index is -0.218. The van der Waals surface area contributed by atoms with E-state index < -0.39 is 0 Å². The smallest absolute Gasteiger partial charge is 0.123 e. The van der Waals surface area contributed by atoms with Crippen molar-refractivity contribution < 1.29 is 9.13 Å². The Hall–Kier alpha value is -2.75. The Morgan fingerprint density at radius 2 is 1.74 bits per heavy atom. The van der Waals surface area contributed by atoms with Crippen LogP contribution in [0.3, 0.4) is 0 Å². The molecule has 1 unspecified atom stereocenters. The molecule has 1 aliphatic rings. The lowest BCUT2D eigenvalue weighted by atomic mass is 9.91. The molecule has 0 amide bonds. The average Bonchev–Trinajstić information content (AvgIpc) is 2.79. The van der Waals surface area contributed by atoms with Gasteiger partial charge in [-0.2, -0.15) is 0 Å². The lowest BCUT2D eigenvalue weighted by molar-refractivity contribution is -0.0153. The van der Waals surface area contributed by atoms with Crippen molar-refractivity contribution in [2.24, 2.45) is 5.92 Å². The van der Waals surface area contributed by atoms with Crippen LogP contribution in [0.5, 0.6) is 0 Å². The van der Waals surface area contributed by atoms with Crippen LogP contribution < -0.4 is 0 Å². The van der Waals surface area contributed by atoms with E-state index in [1.54, 1.807) is 6.07 Å². The highest BCUT2D eigenvalue weighted by atomic mass is 19.1. The minimum absolute atomic E-state index is 0.00403. The van der Waals surface area contributed by atoms with E-state index in [4.69, 9.17) is 4.74 Å². The van der Waals surface area contributed by atoms with Gasteiger partial charge in [0.05, 0.1) is 12.7 Å². The molecule has 4 rings (SSSR count). The lowest BCUT2D eigenvalue weighted by Crippen LogP contribution is -2.43. The van der Waals surface area contributed by atoms with E-state index in [1.165, 1.54) is 17.2 Å². The first-order chi connectivity index (χ1) is 15.1. The van der Waals surface area contributed by atoms with Crippen LogP contribution in [-0.4, -0.2) is 30.7 Å². The molecule has 1 atom stereocenters. The van der Waals surface area contributed by atoms with Gasteiger partial charge in [-0.25, -0.2) is 4.39 Å². The largest absolute Gasteiger partial charge is 0.371 e. The number of benzene rings is 3. The number of rotatable bonds is 6. The fourth-order valence-electron chi connectivity index (χ4n) is 4.23. The summed E-state index contributed by atoms with van der Waals surface area (Å²) in [6.07, 6.45) is 2.15. The van der Waals surface area contributed by atoms with Gasteiger partial charge in [0.2, 0.25) is 0 Å². The van der Waals surface area contributed by atoms with Gasteiger partial charge in [-0.3, -0.25) is 4.90 Å². The van der Waals surface area contributed by atoms with Crippen LogP contribution in [0, 0.1) is 11.7 Å². The average molecular weight is 416 g/mol. The maximum Gasteiger partial charge on any atom is 0.123 e. The van der Waals surface area contributed by atoms with E-state index in [-0.39, 0.29) is 11.9 Å². The molecule has 3 aromatic carbocycles. The van der Waals surface area contributed by atoms with Crippen molar-refractivity contribution in [2.75, 3.05) is 19.7 Å². The normalized spacial score (nSPS) is 17.8. The molecule has 3 heteroatoms. The Morgan fingerprint density at radius 1 is 1.03 bits per heavy atom. The number of nitrogens with zero attached hydrogens (tertiary/aromatic N) is 1. The van der Waals surface area contributed by atoms with Crippen molar-refractivity contribution in [3.8, 4) is 11.1 Å². The molecular formula is C28H30FNO. The molecule has 0 saturated carbocycles. The van der Waals surface area contributed by atoms with Crippen molar-refractivity contribution in [2.45, 2.75) is 26.5 Å². The third-order valence-corrected chi connectivity index (χ3v) is 5.86. The van der Waals surface area contributed by atoms with Gasteiger partial charge >= 0.3 is 0 Å². The predicted molar refractivity (Wildman–Crippen MR) is 126 cm³/mol. The molecule has 3 aromatic rings. The van der Waals surface area contributed by atoms with Gasteiger partial charge in [0.1, 0.15) is 5.82 Å². The monoisotopic (exact) mass is 415 g/mol. The van der Waals surface area contributed by atoms with Crippen molar-refractivity contribution in [1.29, 1.82) is 0 Å². The SMILES string of the molecule is CC(C)/C(=C\c1cc(F)ccc1-c1ccccc1)C1CN(Cc2ccccc2)CCO1. The Bertz CT molecular complexity index is 1010. The molecule has 2 nitrogen and oxygen atoms in total. The summed E-state index contributed by atoms with van der Waals surface area (Å²) in [6.45, 7) is 7.76. The molecule has 0 bridgehead atoms. The Labute approximate surface area is 185 Å². The summed E-state index contributed by atoms with van der Waals surface area (Å²) >= 11 is 0. The lowest BCUT2D eigenvalue weighted by Gasteiger charge is -2.35. The van der Waals surface area contributed by atoms with Crippen LogP contribution >= 0.6 is 0 Å². The predicted octanol–water partition coefficient (Wildman–Crippen LogP) is 6.43. The van der Waals surface area contributed by atoms with E-state index in [1.807, 2.05) is 24.3 Å². The molecule has 0 aliphatic carbocycles. The maximum absolute atomic E-state index is 14.2. The van der Waals surface area contributed by atoms with Crippen molar-refractivity contribution in [3.05, 3.63) is 101 Å². The summed E-state index contributed by atoms with van der Waals surface area (Å²) in [5, 5.41) is 0. The number of ether oxygens (including phenoxy) is 1. The summed E-state index contributed by atoms with van der Waals surface area (Å²) in [4.78, 5) is 2.45. The molecule has 1 heterocycles. The summed E-state index contributed by atoms with van der Waals surface area (Å²) in [5.74, 6) is 0.0814. The third-order valence-electron chi connectivity index (χ3n) is 5.86. The van der Waals surface area contributed by atoms with E-state index >= 15 is 0 Å². The van der Waals surface area contributed by atoms with Crippen LogP contribution in [0.1, 0.15) is 25.0 Å². The van der Waals surface area contributed by atoms with Gasteiger partial charge in [0.15, 0.2) is 0 Å². The van der Waals surface area contributed by atoms with Crippen LogP contribution in [0.4, 0.5) is 4.39 Å². The van der Waals surface area contributed by atoms with Gasteiger partial charge in [0.25, 0.3) is 0 Å². The van der Waals surface area contributed by atoms with Gasteiger partial charge < -0.3 is 4.74 Å².